The minimum Gasteiger partial charge on any atom is -0.407 e. The summed E-state index contributed by atoms with van der Waals surface area (Å²) in [6, 6.07) is 0. The third kappa shape index (κ3) is 2.19. The van der Waals surface area contributed by atoms with Crippen molar-refractivity contribution in [3.8, 4) is 0 Å². The average molecular weight is 224 g/mol. The lowest BCUT2D eigenvalue weighted by Crippen LogP contribution is -2.55. The number of hydrogen-bond donors (Lipinski definition) is 0. The lowest BCUT2D eigenvalue weighted by molar-refractivity contribution is -0.0957. The number of rotatable bonds is 1. The van der Waals surface area contributed by atoms with Gasteiger partial charge < -0.3 is 14.0 Å². The summed E-state index contributed by atoms with van der Waals surface area (Å²) < 4.78 is 17.2. The Hall–Kier alpha value is -0.315. The molecule has 0 aliphatic carbocycles. The van der Waals surface area contributed by atoms with Crippen LogP contribution in [-0.2, 0) is 14.0 Å². The first-order valence-electron chi connectivity index (χ1n) is 5.98. The molecule has 0 unspecified atom stereocenters. The molecule has 0 saturated carbocycles. The molecule has 0 atom stereocenters. The van der Waals surface area contributed by atoms with Crippen molar-refractivity contribution in [2.24, 2.45) is 5.41 Å². The molecular weight excluding hydrogens is 203 g/mol. The van der Waals surface area contributed by atoms with Gasteiger partial charge in [-0.1, -0.05) is 19.9 Å². The zero-order valence-electron chi connectivity index (χ0n) is 10.7. The highest BCUT2D eigenvalue weighted by Gasteiger charge is 2.47. The normalized spacial score (nSPS) is 28.8. The van der Waals surface area contributed by atoms with Gasteiger partial charge in [0.15, 0.2) is 0 Å². The Balaban J connectivity index is 2.08. The summed E-state index contributed by atoms with van der Waals surface area (Å²) >= 11 is 0. The minimum absolute atomic E-state index is 0.0508. The molecule has 2 aliphatic heterocycles. The van der Waals surface area contributed by atoms with Crippen molar-refractivity contribution in [1.29, 1.82) is 0 Å². The largest absolute Gasteiger partial charge is 0.489 e. The highest BCUT2D eigenvalue weighted by molar-refractivity contribution is 6.54. The maximum atomic E-state index is 6.08. The summed E-state index contributed by atoms with van der Waals surface area (Å²) in [5.74, 6) is 0. The fourth-order valence-electron chi connectivity index (χ4n) is 1.86. The van der Waals surface area contributed by atoms with Gasteiger partial charge in [-0.15, -0.1) is 0 Å². The maximum absolute atomic E-state index is 6.08. The van der Waals surface area contributed by atoms with Crippen molar-refractivity contribution in [2.45, 2.75) is 39.7 Å². The molecule has 0 radical (unpaired) electrons. The molecule has 1 fully saturated rings. The van der Waals surface area contributed by atoms with E-state index in [1.807, 2.05) is 0 Å². The van der Waals surface area contributed by atoms with Crippen LogP contribution in [0.4, 0.5) is 0 Å². The van der Waals surface area contributed by atoms with Gasteiger partial charge in [0.05, 0.1) is 18.8 Å². The molecule has 3 nitrogen and oxygen atoms in total. The van der Waals surface area contributed by atoms with Crippen molar-refractivity contribution in [3.63, 3.8) is 0 Å². The molecule has 2 rings (SSSR count). The fourth-order valence-corrected chi connectivity index (χ4v) is 1.86. The zero-order valence-corrected chi connectivity index (χ0v) is 10.7. The van der Waals surface area contributed by atoms with E-state index in [4.69, 9.17) is 14.0 Å². The number of hydrogen-bond acceptors (Lipinski definition) is 3. The molecular formula is C12H21BO3. The van der Waals surface area contributed by atoms with Crippen molar-refractivity contribution in [3.05, 3.63) is 11.5 Å². The SMILES string of the molecule is CC1(C)COB(C2=CCOCC2)OC1(C)C. The molecule has 1 saturated heterocycles. The van der Waals surface area contributed by atoms with Crippen LogP contribution < -0.4 is 0 Å². The molecule has 0 aromatic heterocycles. The highest BCUT2D eigenvalue weighted by Crippen LogP contribution is 2.39. The molecule has 16 heavy (non-hydrogen) atoms. The van der Waals surface area contributed by atoms with Crippen LogP contribution in [0.25, 0.3) is 0 Å². The van der Waals surface area contributed by atoms with Gasteiger partial charge in [0.1, 0.15) is 0 Å². The summed E-state index contributed by atoms with van der Waals surface area (Å²) in [5.41, 5.74) is 1.12. The van der Waals surface area contributed by atoms with Crippen LogP contribution in [0.3, 0.4) is 0 Å². The van der Waals surface area contributed by atoms with E-state index in [9.17, 15) is 0 Å². The molecule has 2 aliphatic rings. The van der Waals surface area contributed by atoms with Gasteiger partial charge in [-0.3, -0.25) is 0 Å². The second kappa shape index (κ2) is 4.17. The zero-order chi connectivity index (χ0) is 11.8. The van der Waals surface area contributed by atoms with E-state index >= 15 is 0 Å². The van der Waals surface area contributed by atoms with E-state index in [0.717, 1.165) is 19.6 Å². The van der Waals surface area contributed by atoms with E-state index in [1.165, 1.54) is 5.47 Å². The first kappa shape index (κ1) is 12.2. The third-order valence-corrected chi connectivity index (χ3v) is 3.93. The quantitative estimate of drug-likeness (QED) is 0.639. The molecule has 0 aromatic rings. The first-order chi connectivity index (χ1) is 7.42. The van der Waals surface area contributed by atoms with Gasteiger partial charge in [-0.25, -0.2) is 0 Å². The highest BCUT2D eigenvalue weighted by atomic mass is 16.6. The maximum Gasteiger partial charge on any atom is 0.489 e. The Labute approximate surface area is 98.3 Å². The summed E-state index contributed by atoms with van der Waals surface area (Å²) in [5, 5.41) is 0. The Morgan fingerprint density at radius 1 is 1.25 bits per heavy atom. The van der Waals surface area contributed by atoms with Crippen LogP contribution in [0, 0.1) is 5.41 Å². The molecule has 4 heteroatoms. The van der Waals surface area contributed by atoms with E-state index in [1.54, 1.807) is 0 Å². The van der Waals surface area contributed by atoms with E-state index in [2.05, 4.69) is 33.8 Å². The summed E-state index contributed by atoms with van der Waals surface area (Å²) in [6.45, 7) is 10.8. The fraction of sp³-hybridized carbons (Fsp3) is 0.833. The van der Waals surface area contributed by atoms with Crippen LogP contribution in [0.1, 0.15) is 34.1 Å². The molecule has 0 aromatic carbocycles. The molecule has 2 heterocycles. The Kier molecular flexibility index (Phi) is 3.17. The predicted octanol–water partition coefficient (Wildman–Crippen LogP) is 2.21. The van der Waals surface area contributed by atoms with Crippen molar-refractivity contribution in [2.75, 3.05) is 19.8 Å². The summed E-state index contributed by atoms with van der Waals surface area (Å²) in [4.78, 5) is 0. The lowest BCUT2D eigenvalue weighted by atomic mass is 9.67. The Bertz CT molecular complexity index is 297. The van der Waals surface area contributed by atoms with Gasteiger partial charge in [0, 0.05) is 12.0 Å². The number of ether oxygens (including phenoxy) is 1. The van der Waals surface area contributed by atoms with Crippen LogP contribution in [0.5, 0.6) is 0 Å². The Morgan fingerprint density at radius 2 is 2.00 bits per heavy atom. The third-order valence-electron chi connectivity index (χ3n) is 3.93. The van der Waals surface area contributed by atoms with E-state index in [0.29, 0.717) is 6.61 Å². The van der Waals surface area contributed by atoms with Gasteiger partial charge in [0.25, 0.3) is 0 Å². The molecule has 0 bridgehead atoms. The van der Waals surface area contributed by atoms with E-state index in [-0.39, 0.29) is 18.1 Å². The first-order valence-corrected chi connectivity index (χ1v) is 5.98. The van der Waals surface area contributed by atoms with Gasteiger partial charge in [0.2, 0.25) is 0 Å². The summed E-state index contributed by atoms with van der Waals surface area (Å²) in [7, 11) is -0.174. The topological polar surface area (TPSA) is 27.7 Å². The molecule has 0 amide bonds. The van der Waals surface area contributed by atoms with Crippen LogP contribution in [0.15, 0.2) is 11.5 Å². The molecule has 0 N–H and O–H groups in total. The second-order valence-electron chi connectivity index (χ2n) is 5.76. The second-order valence-corrected chi connectivity index (χ2v) is 5.76. The van der Waals surface area contributed by atoms with Crippen LogP contribution in [-0.4, -0.2) is 32.5 Å². The average Bonchev–Trinajstić information content (AvgIpc) is 2.23. The van der Waals surface area contributed by atoms with E-state index < -0.39 is 0 Å². The van der Waals surface area contributed by atoms with Crippen LogP contribution >= 0.6 is 0 Å². The van der Waals surface area contributed by atoms with Gasteiger partial charge in [-0.2, -0.15) is 0 Å². The van der Waals surface area contributed by atoms with Gasteiger partial charge in [-0.05, 0) is 25.7 Å². The minimum atomic E-state index is -0.174. The van der Waals surface area contributed by atoms with Crippen molar-refractivity contribution < 1.29 is 14.0 Å². The van der Waals surface area contributed by atoms with Gasteiger partial charge >= 0.3 is 7.12 Å². The van der Waals surface area contributed by atoms with Crippen LogP contribution in [0.2, 0.25) is 0 Å². The van der Waals surface area contributed by atoms with Crippen molar-refractivity contribution >= 4 is 7.12 Å². The monoisotopic (exact) mass is 224 g/mol. The lowest BCUT2D eigenvalue weighted by Gasteiger charge is -2.48. The molecule has 0 spiro atoms. The Morgan fingerprint density at radius 3 is 2.56 bits per heavy atom. The van der Waals surface area contributed by atoms with Crippen molar-refractivity contribution in [1.82, 2.24) is 0 Å². The summed E-state index contributed by atoms with van der Waals surface area (Å²) in [6.07, 6.45) is 3.00. The predicted molar refractivity (Wildman–Crippen MR) is 64.2 cm³/mol. The molecule has 90 valence electrons. The smallest absolute Gasteiger partial charge is 0.407 e. The standard InChI is InChI=1S/C12H21BO3/c1-11(2)9-15-13(16-12(11,3)4)10-5-7-14-8-6-10/h5H,6-9H2,1-4H3.